The van der Waals surface area contributed by atoms with E-state index in [1.165, 1.54) is 38.5 Å². The average Bonchev–Trinajstić information content (AvgIpc) is 2.17. The van der Waals surface area contributed by atoms with Gasteiger partial charge in [-0.1, -0.05) is 36.6 Å². The first-order chi connectivity index (χ1) is 5.90. The highest BCUT2D eigenvalue weighted by Gasteiger charge is 2.21. The maximum Gasteiger partial charge on any atom is -0.0163 e. The summed E-state index contributed by atoms with van der Waals surface area (Å²) in [7, 11) is 0. The highest BCUT2D eigenvalue weighted by atomic mass is 14.3. The van der Waals surface area contributed by atoms with E-state index in [9.17, 15) is 0 Å². The minimum Gasteiger partial charge on any atom is -0.0699 e. The van der Waals surface area contributed by atoms with E-state index < -0.39 is 0 Å². The van der Waals surface area contributed by atoms with Crippen LogP contribution in [-0.4, -0.2) is 0 Å². The van der Waals surface area contributed by atoms with Crippen molar-refractivity contribution >= 4 is 0 Å². The SMILES string of the molecule is CCC1=CC=C2CCCCC2C1. The molecule has 0 nitrogen and oxygen atoms in total. The Morgan fingerprint density at radius 3 is 3.08 bits per heavy atom. The molecule has 2 aliphatic rings. The largest absolute Gasteiger partial charge is 0.0699 e. The second-order valence-electron chi connectivity index (χ2n) is 4.07. The van der Waals surface area contributed by atoms with Gasteiger partial charge in [-0.25, -0.2) is 0 Å². The van der Waals surface area contributed by atoms with E-state index in [0.717, 1.165) is 5.92 Å². The van der Waals surface area contributed by atoms with Crippen LogP contribution in [0.25, 0.3) is 0 Å². The highest BCUT2D eigenvalue weighted by molar-refractivity contribution is 5.27. The van der Waals surface area contributed by atoms with Crippen molar-refractivity contribution in [3.8, 4) is 0 Å². The van der Waals surface area contributed by atoms with Crippen molar-refractivity contribution in [3.05, 3.63) is 23.3 Å². The Labute approximate surface area is 75.4 Å². The lowest BCUT2D eigenvalue weighted by atomic mass is 9.77. The predicted octanol–water partition coefficient (Wildman–Crippen LogP) is 3.84. The van der Waals surface area contributed by atoms with Gasteiger partial charge in [0.15, 0.2) is 0 Å². The van der Waals surface area contributed by atoms with Gasteiger partial charge < -0.3 is 0 Å². The Kier molecular flexibility index (Phi) is 2.34. The van der Waals surface area contributed by atoms with Crippen LogP contribution in [0, 0.1) is 5.92 Å². The van der Waals surface area contributed by atoms with Crippen LogP contribution >= 0.6 is 0 Å². The van der Waals surface area contributed by atoms with Crippen LogP contribution < -0.4 is 0 Å². The topological polar surface area (TPSA) is 0 Å². The fourth-order valence-corrected chi connectivity index (χ4v) is 2.43. The van der Waals surface area contributed by atoms with E-state index in [-0.39, 0.29) is 0 Å². The molecule has 1 atom stereocenters. The van der Waals surface area contributed by atoms with Gasteiger partial charge in [-0.2, -0.15) is 0 Å². The minimum absolute atomic E-state index is 0.929. The predicted molar refractivity (Wildman–Crippen MR) is 53.0 cm³/mol. The monoisotopic (exact) mass is 162 g/mol. The first-order valence-electron chi connectivity index (χ1n) is 5.28. The lowest BCUT2D eigenvalue weighted by Gasteiger charge is -2.28. The maximum absolute atomic E-state index is 2.40. The molecule has 0 aliphatic heterocycles. The van der Waals surface area contributed by atoms with Gasteiger partial charge >= 0.3 is 0 Å². The van der Waals surface area contributed by atoms with Crippen molar-refractivity contribution in [3.63, 3.8) is 0 Å². The van der Waals surface area contributed by atoms with E-state index in [1.807, 2.05) is 0 Å². The van der Waals surface area contributed by atoms with Crippen LogP contribution in [-0.2, 0) is 0 Å². The molecule has 0 bridgehead atoms. The van der Waals surface area contributed by atoms with Crippen molar-refractivity contribution in [1.82, 2.24) is 0 Å². The van der Waals surface area contributed by atoms with Crippen molar-refractivity contribution in [2.75, 3.05) is 0 Å². The zero-order valence-corrected chi connectivity index (χ0v) is 7.97. The molecule has 0 heterocycles. The van der Waals surface area contributed by atoms with Gasteiger partial charge in [0.25, 0.3) is 0 Å². The van der Waals surface area contributed by atoms with Crippen LogP contribution in [0.15, 0.2) is 23.3 Å². The van der Waals surface area contributed by atoms with Crippen LogP contribution in [0.4, 0.5) is 0 Å². The molecule has 66 valence electrons. The molecule has 1 saturated carbocycles. The van der Waals surface area contributed by atoms with Crippen molar-refractivity contribution < 1.29 is 0 Å². The van der Waals surface area contributed by atoms with Gasteiger partial charge in [-0.05, 0) is 38.0 Å². The van der Waals surface area contributed by atoms with E-state index in [0.29, 0.717) is 0 Å². The van der Waals surface area contributed by atoms with E-state index in [4.69, 9.17) is 0 Å². The molecule has 0 radical (unpaired) electrons. The first kappa shape index (κ1) is 8.10. The highest BCUT2D eigenvalue weighted by Crippen LogP contribution is 2.37. The van der Waals surface area contributed by atoms with Crippen molar-refractivity contribution in [2.45, 2.75) is 45.4 Å². The smallest absolute Gasteiger partial charge is 0.0163 e. The van der Waals surface area contributed by atoms with Gasteiger partial charge in [-0.15, -0.1) is 0 Å². The third-order valence-electron chi connectivity index (χ3n) is 3.29. The van der Waals surface area contributed by atoms with Crippen LogP contribution in [0.2, 0.25) is 0 Å². The van der Waals surface area contributed by atoms with Crippen LogP contribution in [0.5, 0.6) is 0 Å². The van der Waals surface area contributed by atoms with E-state index >= 15 is 0 Å². The molecule has 0 spiro atoms. The Morgan fingerprint density at radius 1 is 1.33 bits per heavy atom. The quantitative estimate of drug-likeness (QED) is 0.549. The summed E-state index contributed by atoms with van der Waals surface area (Å²) in [5.41, 5.74) is 3.39. The van der Waals surface area contributed by atoms with Crippen LogP contribution in [0.1, 0.15) is 45.4 Å². The lowest BCUT2D eigenvalue weighted by Crippen LogP contribution is -2.13. The molecule has 0 heteroatoms. The van der Waals surface area contributed by atoms with E-state index in [2.05, 4.69) is 19.1 Å². The lowest BCUT2D eigenvalue weighted by molar-refractivity contribution is 0.442. The van der Waals surface area contributed by atoms with Crippen molar-refractivity contribution in [2.24, 2.45) is 5.92 Å². The summed E-state index contributed by atoms with van der Waals surface area (Å²) in [6, 6.07) is 0. The molecular formula is C12H18. The molecular weight excluding hydrogens is 144 g/mol. The van der Waals surface area contributed by atoms with E-state index in [1.54, 1.807) is 11.1 Å². The average molecular weight is 162 g/mol. The normalized spacial score (nSPS) is 28.9. The first-order valence-corrected chi connectivity index (χ1v) is 5.28. The fourth-order valence-electron chi connectivity index (χ4n) is 2.43. The summed E-state index contributed by atoms with van der Waals surface area (Å²) in [5, 5.41) is 0. The molecule has 1 fully saturated rings. The van der Waals surface area contributed by atoms with Gasteiger partial charge in [0.1, 0.15) is 0 Å². The molecule has 0 saturated heterocycles. The van der Waals surface area contributed by atoms with Gasteiger partial charge in [-0.3, -0.25) is 0 Å². The molecule has 0 aromatic rings. The Balaban J connectivity index is 2.12. The third-order valence-corrected chi connectivity index (χ3v) is 3.29. The summed E-state index contributed by atoms with van der Waals surface area (Å²) in [5.74, 6) is 0.929. The second kappa shape index (κ2) is 3.47. The number of hydrogen-bond acceptors (Lipinski definition) is 0. The number of fused-ring (bicyclic) bond motifs is 1. The summed E-state index contributed by atoms with van der Waals surface area (Å²) < 4.78 is 0. The Morgan fingerprint density at radius 2 is 2.25 bits per heavy atom. The second-order valence-corrected chi connectivity index (χ2v) is 4.07. The van der Waals surface area contributed by atoms with Crippen molar-refractivity contribution in [1.29, 1.82) is 0 Å². The zero-order chi connectivity index (χ0) is 8.39. The standard InChI is InChI=1S/C12H18/c1-2-10-7-8-11-5-3-4-6-12(11)9-10/h7-8,12H,2-6,9H2,1H3. The summed E-state index contributed by atoms with van der Waals surface area (Å²) in [6.45, 7) is 2.27. The molecule has 0 aromatic carbocycles. The van der Waals surface area contributed by atoms with Gasteiger partial charge in [0.2, 0.25) is 0 Å². The Bertz CT molecular complexity index is 220. The summed E-state index contributed by atoms with van der Waals surface area (Å²) >= 11 is 0. The fraction of sp³-hybridized carbons (Fsp3) is 0.667. The molecule has 2 rings (SSSR count). The summed E-state index contributed by atoms with van der Waals surface area (Å²) in [6.07, 6.45) is 13.1. The van der Waals surface area contributed by atoms with Gasteiger partial charge in [0.05, 0.1) is 0 Å². The third kappa shape index (κ3) is 1.48. The minimum atomic E-state index is 0.929. The number of allylic oxidation sites excluding steroid dienone is 4. The molecule has 1 unspecified atom stereocenters. The number of rotatable bonds is 1. The molecule has 12 heavy (non-hydrogen) atoms. The molecule has 0 aromatic heterocycles. The summed E-state index contributed by atoms with van der Waals surface area (Å²) in [4.78, 5) is 0. The molecule has 2 aliphatic carbocycles. The molecule has 0 amide bonds. The van der Waals surface area contributed by atoms with Crippen LogP contribution in [0.3, 0.4) is 0 Å². The van der Waals surface area contributed by atoms with Gasteiger partial charge in [0, 0.05) is 0 Å². The molecule has 0 N–H and O–H groups in total. The maximum atomic E-state index is 2.40. The number of hydrogen-bond donors (Lipinski definition) is 0. The zero-order valence-electron chi connectivity index (χ0n) is 7.97. The Hall–Kier alpha value is -0.520.